The number of azo groups is 1. The Kier molecular flexibility index (Phi) is 1.24. The van der Waals surface area contributed by atoms with Crippen molar-refractivity contribution >= 4 is 5.69 Å². The summed E-state index contributed by atoms with van der Waals surface area (Å²) in [6.07, 6.45) is 0.986. The fraction of sp³-hybridized carbons (Fsp3) is 0.250. The van der Waals surface area contributed by atoms with Gasteiger partial charge in [-0.1, -0.05) is 12.1 Å². The molecule has 2 rings (SSSR count). The Morgan fingerprint density at radius 2 is 2.50 bits per heavy atom. The first kappa shape index (κ1) is 5.59. The lowest BCUT2D eigenvalue weighted by Gasteiger charge is -2.05. The van der Waals surface area contributed by atoms with Gasteiger partial charge < -0.3 is 0 Å². The van der Waals surface area contributed by atoms with Gasteiger partial charge in [-0.05, 0) is 24.1 Å². The van der Waals surface area contributed by atoms with Gasteiger partial charge in [-0.3, -0.25) is 0 Å². The van der Waals surface area contributed by atoms with Crippen molar-refractivity contribution < 1.29 is 0 Å². The molecule has 1 aromatic rings. The maximum absolute atomic E-state index is 3.99. The van der Waals surface area contributed by atoms with E-state index in [9.17, 15) is 0 Å². The molecule has 0 aliphatic carbocycles. The van der Waals surface area contributed by atoms with Crippen LogP contribution in [-0.4, -0.2) is 6.54 Å². The first-order chi connectivity index (χ1) is 4.97. The van der Waals surface area contributed by atoms with Crippen LogP contribution in [0.2, 0.25) is 0 Å². The summed E-state index contributed by atoms with van der Waals surface area (Å²) in [7, 11) is 0. The molecule has 0 fully saturated rings. The summed E-state index contributed by atoms with van der Waals surface area (Å²) in [4.78, 5) is 0. The molecule has 1 radical (unpaired) electrons. The molecule has 1 aliphatic rings. The standard InChI is InChI=1S/C8H7N2/c1-2-4-8-7(3-1)5-6-9-10-8/h1-2,4H,5-6H2. The third kappa shape index (κ3) is 0.817. The predicted octanol–water partition coefficient (Wildman–Crippen LogP) is 2.13. The van der Waals surface area contributed by atoms with Crippen LogP contribution < -0.4 is 0 Å². The normalized spacial score (nSPS) is 14.8. The van der Waals surface area contributed by atoms with Crippen molar-refractivity contribution in [3.63, 3.8) is 0 Å². The zero-order chi connectivity index (χ0) is 6.81. The number of hydrogen-bond donors (Lipinski definition) is 0. The highest BCUT2D eigenvalue weighted by atomic mass is 15.1. The van der Waals surface area contributed by atoms with Crippen LogP contribution in [0.5, 0.6) is 0 Å². The number of rotatable bonds is 0. The molecule has 0 amide bonds. The minimum atomic E-state index is 0.813. The summed E-state index contributed by atoms with van der Waals surface area (Å²) < 4.78 is 0. The number of hydrogen-bond acceptors (Lipinski definition) is 2. The lowest BCUT2D eigenvalue weighted by molar-refractivity contribution is 0.862. The van der Waals surface area contributed by atoms with Gasteiger partial charge in [0.2, 0.25) is 0 Å². The molecule has 2 nitrogen and oxygen atoms in total. The average Bonchev–Trinajstić information content (AvgIpc) is 2.05. The lowest BCUT2D eigenvalue weighted by Crippen LogP contribution is -1.93. The van der Waals surface area contributed by atoms with Crippen molar-refractivity contribution in [2.24, 2.45) is 10.2 Å². The Morgan fingerprint density at radius 3 is 3.40 bits per heavy atom. The van der Waals surface area contributed by atoms with E-state index in [0.29, 0.717) is 0 Å². The molecule has 0 N–H and O–H groups in total. The third-order valence-electron chi connectivity index (χ3n) is 1.56. The summed E-state index contributed by atoms with van der Waals surface area (Å²) in [5.74, 6) is 0. The molecule has 1 heterocycles. The fourth-order valence-corrected chi connectivity index (χ4v) is 1.04. The van der Waals surface area contributed by atoms with Crippen LogP contribution in [0.3, 0.4) is 0 Å². The highest BCUT2D eigenvalue weighted by molar-refractivity contribution is 5.45. The van der Waals surface area contributed by atoms with Gasteiger partial charge in [0.05, 0.1) is 12.2 Å². The summed E-state index contributed by atoms with van der Waals surface area (Å²) in [6.45, 7) is 0.813. The van der Waals surface area contributed by atoms with Crippen LogP contribution in [0, 0.1) is 6.07 Å². The van der Waals surface area contributed by atoms with E-state index in [1.54, 1.807) is 0 Å². The van der Waals surface area contributed by atoms with Gasteiger partial charge in [-0.15, -0.1) is 0 Å². The Labute approximate surface area is 59.6 Å². The van der Waals surface area contributed by atoms with Gasteiger partial charge in [0, 0.05) is 0 Å². The molecule has 0 unspecified atom stereocenters. The molecule has 0 spiro atoms. The second kappa shape index (κ2) is 2.21. The summed E-state index contributed by atoms with van der Waals surface area (Å²) >= 11 is 0. The lowest BCUT2D eigenvalue weighted by atomic mass is 10.1. The van der Waals surface area contributed by atoms with Gasteiger partial charge in [0.1, 0.15) is 0 Å². The van der Waals surface area contributed by atoms with Crippen molar-refractivity contribution in [1.82, 2.24) is 0 Å². The van der Waals surface area contributed by atoms with Gasteiger partial charge in [-0.2, -0.15) is 10.2 Å². The summed E-state index contributed by atoms with van der Waals surface area (Å²) in [6, 6.07) is 8.95. The molecule has 0 aromatic heterocycles. The van der Waals surface area contributed by atoms with E-state index in [0.717, 1.165) is 18.7 Å². The molecule has 49 valence electrons. The van der Waals surface area contributed by atoms with Crippen molar-refractivity contribution in [3.8, 4) is 0 Å². The van der Waals surface area contributed by atoms with E-state index in [2.05, 4.69) is 16.3 Å². The number of nitrogens with zero attached hydrogens (tertiary/aromatic N) is 2. The van der Waals surface area contributed by atoms with Crippen molar-refractivity contribution in [3.05, 3.63) is 29.8 Å². The Bertz CT molecular complexity index is 266. The van der Waals surface area contributed by atoms with Crippen molar-refractivity contribution in [1.29, 1.82) is 0 Å². The van der Waals surface area contributed by atoms with E-state index in [-0.39, 0.29) is 0 Å². The van der Waals surface area contributed by atoms with Gasteiger partial charge in [0.15, 0.2) is 0 Å². The number of fused-ring (bicyclic) bond motifs is 1. The highest BCUT2D eigenvalue weighted by Crippen LogP contribution is 2.21. The highest BCUT2D eigenvalue weighted by Gasteiger charge is 2.03. The van der Waals surface area contributed by atoms with Crippen LogP contribution >= 0.6 is 0 Å². The van der Waals surface area contributed by atoms with E-state index < -0.39 is 0 Å². The predicted molar refractivity (Wildman–Crippen MR) is 38.4 cm³/mol. The molecule has 0 atom stereocenters. The quantitative estimate of drug-likeness (QED) is 0.515. The van der Waals surface area contributed by atoms with Crippen LogP contribution in [0.4, 0.5) is 5.69 Å². The van der Waals surface area contributed by atoms with Crippen molar-refractivity contribution in [2.45, 2.75) is 6.42 Å². The van der Waals surface area contributed by atoms with E-state index >= 15 is 0 Å². The topological polar surface area (TPSA) is 24.7 Å². The van der Waals surface area contributed by atoms with Gasteiger partial charge in [0.25, 0.3) is 0 Å². The minimum absolute atomic E-state index is 0.813. The second-order valence-corrected chi connectivity index (χ2v) is 2.25. The van der Waals surface area contributed by atoms with Crippen LogP contribution in [0.15, 0.2) is 28.4 Å². The second-order valence-electron chi connectivity index (χ2n) is 2.25. The number of benzene rings is 1. The van der Waals surface area contributed by atoms with Gasteiger partial charge in [-0.25, -0.2) is 0 Å². The Morgan fingerprint density at radius 1 is 1.50 bits per heavy atom. The monoisotopic (exact) mass is 131 g/mol. The Hall–Kier alpha value is -1.18. The fourth-order valence-electron chi connectivity index (χ4n) is 1.04. The molecule has 0 saturated carbocycles. The molecule has 0 saturated heterocycles. The molecular formula is C8H7N2. The smallest absolute Gasteiger partial charge is 0.0891 e. The molecule has 1 aliphatic heterocycles. The minimum Gasteiger partial charge on any atom is -0.188 e. The summed E-state index contributed by atoms with van der Waals surface area (Å²) in [5.41, 5.74) is 2.17. The average molecular weight is 131 g/mol. The van der Waals surface area contributed by atoms with Crippen LogP contribution in [0.25, 0.3) is 0 Å². The molecule has 1 aromatic carbocycles. The maximum Gasteiger partial charge on any atom is 0.0891 e. The first-order valence-corrected chi connectivity index (χ1v) is 3.34. The largest absolute Gasteiger partial charge is 0.188 e. The first-order valence-electron chi connectivity index (χ1n) is 3.34. The van der Waals surface area contributed by atoms with E-state index in [1.165, 1.54) is 5.56 Å². The molecule has 10 heavy (non-hydrogen) atoms. The Balaban J connectivity index is 2.54. The SMILES string of the molecule is [c]1cccc2c1CCN=N2. The maximum atomic E-state index is 3.99. The molecule has 0 bridgehead atoms. The van der Waals surface area contributed by atoms with Gasteiger partial charge >= 0.3 is 0 Å². The molecule has 2 heteroatoms. The van der Waals surface area contributed by atoms with Crippen LogP contribution in [-0.2, 0) is 6.42 Å². The zero-order valence-corrected chi connectivity index (χ0v) is 5.54. The molecular weight excluding hydrogens is 124 g/mol. The van der Waals surface area contributed by atoms with Crippen LogP contribution in [0.1, 0.15) is 5.56 Å². The summed E-state index contributed by atoms with van der Waals surface area (Å²) in [5, 5.41) is 7.91. The van der Waals surface area contributed by atoms with E-state index in [1.807, 2.05) is 18.2 Å². The third-order valence-corrected chi connectivity index (χ3v) is 1.56. The zero-order valence-electron chi connectivity index (χ0n) is 5.54. The van der Waals surface area contributed by atoms with Crippen molar-refractivity contribution in [2.75, 3.05) is 6.54 Å². The van der Waals surface area contributed by atoms with E-state index in [4.69, 9.17) is 0 Å².